The largest absolute Gasteiger partial charge is 0.481 e. The van der Waals surface area contributed by atoms with E-state index in [1.165, 1.54) is 25.1 Å². The zero-order chi connectivity index (χ0) is 12.3. The molecule has 1 atom stereocenters. The van der Waals surface area contributed by atoms with Gasteiger partial charge in [0, 0.05) is 10.0 Å². The van der Waals surface area contributed by atoms with E-state index in [4.69, 9.17) is 10.4 Å². The third kappa shape index (κ3) is 2.22. The molecule has 0 bridgehead atoms. The average Bonchev–Trinajstić information content (AvgIpc) is 2.21. The number of halogens is 2. The molecule has 0 aromatic heterocycles. The second kappa shape index (κ2) is 4.62. The molecule has 3 nitrogen and oxygen atoms in total. The first-order valence-electron chi connectivity index (χ1n) is 4.47. The lowest BCUT2D eigenvalue weighted by molar-refractivity contribution is -0.143. The molecular weight excluding hydrogens is 277 g/mol. The fourth-order valence-corrected chi connectivity index (χ4v) is 1.73. The van der Waals surface area contributed by atoms with Crippen LogP contribution in [0.4, 0.5) is 4.39 Å². The SMILES string of the molecule is CC(CC#N)(C(=O)O)c1cc(Br)ccc1F. The van der Waals surface area contributed by atoms with Crippen LogP contribution in [0.5, 0.6) is 0 Å². The number of hydrogen-bond acceptors (Lipinski definition) is 2. The van der Waals surface area contributed by atoms with Crippen molar-refractivity contribution in [3.05, 3.63) is 34.1 Å². The Hall–Kier alpha value is -1.41. The van der Waals surface area contributed by atoms with E-state index < -0.39 is 17.2 Å². The molecule has 16 heavy (non-hydrogen) atoms. The summed E-state index contributed by atoms with van der Waals surface area (Å²) in [6.45, 7) is 1.34. The summed E-state index contributed by atoms with van der Waals surface area (Å²) in [6.07, 6.45) is -0.282. The van der Waals surface area contributed by atoms with Crippen LogP contribution in [0.2, 0.25) is 0 Å². The number of carboxylic acid groups (broad SMARTS) is 1. The first-order valence-corrected chi connectivity index (χ1v) is 5.27. The highest BCUT2D eigenvalue weighted by Gasteiger charge is 2.37. The van der Waals surface area contributed by atoms with E-state index in [9.17, 15) is 9.18 Å². The first kappa shape index (κ1) is 12.7. The molecular formula is C11H9BrFNO2. The normalized spacial score (nSPS) is 13.9. The number of aliphatic carboxylic acids is 1. The fourth-order valence-electron chi connectivity index (χ4n) is 1.36. The van der Waals surface area contributed by atoms with Gasteiger partial charge in [-0.25, -0.2) is 4.39 Å². The molecule has 1 N–H and O–H groups in total. The Morgan fingerprint density at radius 2 is 2.31 bits per heavy atom. The monoisotopic (exact) mass is 285 g/mol. The third-order valence-corrected chi connectivity index (χ3v) is 2.92. The van der Waals surface area contributed by atoms with E-state index >= 15 is 0 Å². The van der Waals surface area contributed by atoms with Crippen molar-refractivity contribution in [3.8, 4) is 6.07 Å². The lowest BCUT2D eigenvalue weighted by Gasteiger charge is -2.22. The number of hydrogen-bond donors (Lipinski definition) is 1. The summed E-state index contributed by atoms with van der Waals surface area (Å²) in [5, 5.41) is 17.7. The van der Waals surface area contributed by atoms with Crippen LogP contribution in [-0.4, -0.2) is 11.1 Å². The van der Waals surface area contributed by atoms with Gasteiger partial charge in [-0.2, -0.15) is 5.26 Å². The molecule has 0 saturated heterocycles. The maximum Gasteiger partial charge on any atom is 0.315 e. The van der Waals surface area contributed by atoms with Gasteiger partial charge in [0.15, 0.2) is 0 Å². The van der Waals surface area contributed by atoms with Crippen LogP contribution in [0.1, 0.15) is 18.9 Å². The molecule has 0 amide bonds. The molecule has 0 aliphatic heterocycles. The molecule has 1 unspecified atom stereocenters. The Morgan fingerprint density at radius 1 is 1.69 bits per heavy atom. The predicted molar refractivity (Wildman–Crippen MR) is 59.3 cm³/mol. The Labute approximate surface area is 101 Å². The molecule has 0 saturated carbocycles. The quantitative estimate of drug-likeness (QED) is 0.929. The molecule has 1 aromatic carbocycles. The van der Waals surface area contributed by atoms with Gasteiger partial charge < -0.3 is 5.11 Å². The van der Waals surface area contributed by atoms with Gasteiger partial charge in [-0.3, -0.25) is 4.79 Å². The maximum absolute atomic E-state index is 13.6. The lowest BCUT2D eigenvalue weighted by atomic mass is 9.80. The molecule has 1 rings (SSSR count). The van der Waals surface area contributed by atoms with Crippen molar-refractivity contribution < 1.29 is 14.3 Å². The van der Waals surface area contributed by atoms with Gasteiger partial charge in [0.2, 0.25) is 0 Å². The van der Waals surface area contributed by atoms with E-state index in [2.05, 4.69) is 15.9 Å². The third-order valence-electron chi connectivity index (χ3n) is 2.43. The van der Waals surface area contributed by atoms with Crippen LogP contribution in [0.15, 0.2) is 22.7 Å². The van der Waals surface area contributed by atoms with Crippen molar-refractivity contribution in [2.45, 2.75) is 18.8 Å². The number of carboxylic acids is 1. The van der Waals surface area contributed by atoms with E-state index in [-0.39, 0.29) is 12.0 Å². The zero-order valence-electron chi connectivity index (χ0n) is 8.50. The second-order valence-corrected chi connectivity index (χ2v) is 4.51. The molecule has 84 valence electrons. The molecule has 0 fully saturated rings. The number of nitriles is 1. The van der Waals surface area contributed by atoms with Crippen molar-refractivity contribution in [2.75, 3.05) is 0 Å². The van der Waals surface area contributed by atoms with E-state index in [1.807, 2.05) is 0 Å². The van der Waals surface area contributed by atoms with E-state index in [1.54, 1.807) is 6.07 Å². The fraction of sp³-hybridized carbons (Fsp3) is 0.273. The summed E-state index contributed by atoms with van der Waals surface area (Å²) >= 11 is 3.15. The van der Waals surface area contributed by atoms with Crippen LogP contribution in [0.25, 0.3) is 0 Å². The molecule has 1 aromatic rings. The minimum absolute atomic E-state index is 0.0101. The summed E-state index contributed by atoms with van der Waals surface area (Å²) in [6, 6.07) is 5.82. The highest BCUT2D eigenvalue weighted by molar-refractivity contribution is 9.10. The van der Waals surface area contributed by atoms with Crippen LogP contribution in [-0.2, 0) is 10.2 Å². The minimum Gasteiger partial charge on any atom is -0.481 e. The van der Waals surface area contributed by atoms with Crippen molar-refractivity contribution in [1.82, 2.24) is 0 Å². The number of benzene rings is 1. The van der Waals surface area contributed by atoms with Gasteiger partial charge in [-0.05, 0) is 25.1 Å². The maximum atomic E-state index is 13.6. The number of rotatable bonds is 3. The van der Waals surface area contributed by atoms with E-state index in [0.717, 1.165) is 0 Å². The lowest BCUT2D eigenvalue weighted by Crippen LogP contribution is -2.33. The second-order valence-electron chi connectivity index (χ2n) is 3.60. The standard InChI is InChI=1S/C11H9BrFNO2/c1-11(4-5-14,10(15)16)8-6-7(12)2-3-9(8)13/h2-3,6H,4H2,1H3,(H,15,16). The highest BCUT2D eigenvalue weighted by atomic mass is 79.9. The summed E-state index contributed by atoms with van der Waals surface area (Å²) in [5.41, 5.74) is -1.52. The molecule has 0 aliphatic rings. The molecule has 0 radical (unpaired) electrons. The van der Waals surface area contributed by atoms with Crippen LogP contribution in [0.3, 0.4) is 0 Å². The Balaban J connectivity index is 3.38. The van der Waals surface area contributed by atoms with E-state index in [0.29, 0.717) is 4.47 Å². The highest BCUT2D eigenvalue weighted by Crippen LogP contribution is 2.31. The summed E-state index contributed by atoms with van der Waals surface area (Å²) in [4.78, 5) is 11.1. The average molecular weight is 286 g/mol. The van der Waals surface area contributed by atoms with Gasteiger partial charge >= 0.3 is 5.97 Å². The Kier molecular flexibility index (Phi) is 3.66. The number of nitrogens with zero attached hydrogens (tertiary/aromatic N) is 1. The van der Waals surface area contributed by atoms with Crippen molar-refractivity contribution in [2.24, 2.45) is 0 Å². The van der Waals surface area contributed by atoms with Gasteiger partial charge in [-0.1, -0.05) is 15.9 Å². The van der Waals surface area contributed by atoms with Gasteiger partial charge in [0.1, 0.15) is 11.2 Å². The van der Waals surface area contributed by atoms with Crippen molar-refractivity contribution in [3.63, 3.8) is 0 Å². The van der Waals surface area contributed by atoms with Crippen LogP contribution in [0, 0.1) is 17.1 Å². The topological polar surface area (TPSA) is 61.1 Å². The smallest absolute Gasteiger partial charge is 0.315 e. The molecule has 0 spiro atoms. The van der Waals surface area contributed by atoms with Gasteiger partial charge in [-0.15, -0.1) is 0 Å². The molecule has 0 aliphatic carbocycles. The molecule has 5 heteroatoms. The summed E-state index contributed by atoms with van der Waals surface area (Å²) in [5.74, 6) is -1.84. The first-order chi connectivity index (χ1) is 7.41. The van der Waals surface area contributed by atoms with Crippen molar-refractivity contribution in [1.29, 1.82) is 5.26 Å². The summed E-state index contributed by atoms with van der Waals surface area (Å²) in [7, 11) is 0. The summed E-state index contributed by atoms with van der Waals surface area (Å²) < 4.78 is 14.1. The van der Waals surface area contributed by atoms with Crippen LogP contribution >= 0.6 is 15.9 Å². The Morgan fingerprint density at radius 3 is 2.81 bits per heavy atom. The van der Waals surface area contributed by atoms with Gasteiger partial charge in [0.05, 0.1) is 12.5 Å². The van der Waals surface area contributed by atoms with Crippen LogP contribution < -0.4 is 0 Å². The zero-order valence-corrected chi connectivity index (χ0v) is 10.1. The predicted octanol–water partition coefficient (Wildman–Crippen LogP) is 2.84. The Bertz CT molecular complexity index is 470. The molecule has 0 heterocycles. The van der Waals surface area contributed by atoms with Crippen molar-refractivity contribution >= 4 is 21.9 Å². The minimum atomic E-state index is -1.53. The van der Waals surface area contributed by atoms with Gasteiger partial charge in [0.25, 0.3) is 0 Å². The number of carbonyl (C=O) groups is 1.